The lowest BCUT2D eigenvalue weighted by atomic mass is 10.1. The van der Waals surface area contributed by atoms with E-state index in [-0.39, 0.29) is 5.91 Å². The Kier molecular flexibility index (Phi) is 4.96. The van der Waals surface area contributed by atoms with Gasteiger partial charge in [0.1, 0.15) is 5.82 Å². The molecule has 21 heavy (non-hydrogen) atoms. The highest BCUT2D eigenvalue weighted by Gasteiger charge is 2.11. The molecule has 4 nitrogen and oxygen atoms in total. The fourth-order valence-corrected chi connectivity index (χ4v) is 2.50. The van der Waals surface area contributed by atoms with Crippen LogP contribution in [0.1, 0.15) is 35.5 Å². The third-order valence-electron chi connectivity index (χ3n) is 3.22. The highest BCUT2D eigenvalue weighted by Crippen LogP contribution is 2.22. The molecule has 2 rings (SSSR count). The summed E-state index contributed by atoms with van der Waals surface area (Å²) in [5.74, 6) is 0.196. The Balaban J connectivity index is 2.28. The van der Waals surface area contributed by atoms with Gasteiger partial charge in [-0.15, -0.1) is 0 Å². The van der Waals surface area contributed by atoms with Gasteiger partial charge in [-0.2, -0.15) is 0 Å². The molecule has 0 aliphatic heterocycles. The van der Waals surface area contributed by atoms with Crippen molar-refractivity contribution in [2.45, 2.75) is 26.7 Å². The van der Waals surface area contributed by atoms with Crippen molar-refractivity contribution in [3.8, 4) is 0 Å². The van der Waals surface area contributed by atoms with Gasteiger partial charge in [0.25, 0.3) is 5.91 Å². The average Bonchev–Trinajstić information content (AvgIpc) is 2.48. The summed E-state index contributed by atoms with van der Waals surface area (Å²) in [6, 6.07) is 9.18. The molecule has 1 aromatic heterocycles. The molecule has 1 aromatic carbocycles. The van der Waals surface area contributed by atoms with Gasteiger partial charge in [0.15, 0.2) is 0 Å². The Hall–Kier alpha value is -1.88. The minimum atomic E-state index is -0.171. The van der Waals surface area contributed by atoms with Crippen LogP contribution >= 0.6 is 15.9 Å². The third kappa shape index (κ3) is 3.82. The van der Waals surface area contributed by atoms with Gasteiger partial charge in [-0.1, -0.05) is 29.8 Å². The number of nitrogens with one attached hydrogen (secondary N) is 1. The topological polar surface area (TPSA) is 68.0 Å². The quantitative estimate of drug-likeness (QED) is 0.883. The van der Waals surface area contributed by atoms with Gasteiger partial charge in [0, 0.05) is 21.4 Å². The van der Waals surface area contributed by atoms with Crippen LogP contribution in [-0.4, -0.2) is 10.9 Å². The van der Waals surface area contributed by atoms with E-state index in [4.69, 9.17) is 5.73 Å². The van der Waals surface area contributed by atoms with Crippen molar-refractivity contribution in [1.82, 2.24) is 4.98 Å². The second kappa shape index (κ2) is 6.72. The molecule has 0 radical (unpaired) electrons. The molecular formula is C16H18BrN3O. The molecule has 0 saturated carbocycles. The second-order valence-corrected chi connectivity index (χ2v) is 5.65. The standard InChI is InChI=1S/C16H18BrN3O/c1-3-10-7-12(17)5-6-14(10)20-16(21)11-8-13(4-2)19-15(18)9-11/h5-9H,3-4H2,1-2H3,(H2,18,19)(H,20,21). The minimum Gasteiger partial charge on any atom is -0.384 e. The van der Waals surface area contributed by atoms with Crippen molar-refractivity contribution in [3.05, 3.63) is 51.6 Å². The van der Waals surface area contributed by atoms with E-state index in [0.29, 0.717) is 11.4 Å². The van der Waals surface area contributed by atoms with Gasteiger partial charge in [-0.25, -0.2) is 4.98 Å². The van der Waals surface area contributed by atoms with Crippen LogP contribution in [0.4, 0.5) is 11.5 Å². The molecule has 0 bridgehead atoms. The summed E-state index contributed by atoms with van der Waals surface area (Å²) in [4.78, 5) is 16.6. The number of hydrogen-bond acceptors (Lipinski definition) is 3. The summed E-state index contributed by atoms with van der Waals surface area (Å²) in [5.41, 5.74) is 8.99. The van der Waals surface area contributed by atoms with E-state index in [1.807, 2.05) is 25.1 Å². The molecule has 0 atom stereocenters. The Morgan fingerprint density at radius 3 is 2.67 bits per heavy atom. The van der Waals surface area contributed by atoms with Gasteiger partial charge in [-0.3, -0.25) is 4.79 Å². The first-order valence-corrected chi connectivity index (χ1v) is 7.69. The van der Waals surface area contributed by atoms with Crippen molar-refractivity contribution in [1.29, 1.82) is 0 Å². The predicted octanol–water partition coefficient (Wildman–Crippen LogP) is 3.80. The molecule has 0 saturated heterocycles. The Labute approximate surface area is 132 Å². The number of nitrogens with zero attached hydrogens (tertiary/aromatic N) is 1. The van der Waals surface area contributed by atoms with Crippen LogP contribution in [0.3, 0.4) is 0 Å². The number of nitrogens with two attached hydrogens (primary N) is 1. The summed E-state index contributed by atoms with van der Waals surface area (Å²) >= 11 is 3.44. The number of aryl methyl sites for hydroxylation is 2. The molecule has 110 valence electrons. The lowest BCUT2D eigenvalue weighted by Gasteiger charge is -2.11. The van der Waals surface area contributed by atoms with Gasteiger partial charge in [0.2, 0.25) is 0 Å². The monoisotopic (exact) mass is 347 g/mol. The highest BCUT2D eigenvalue weighted by atomic mass is 79.9. The van der Waals surface area contributed by atoms with Crippen LogP contribution in [0.2, 0.25) is 0 Å². The first kappa shape index (κ1) is 15.5. The van der Waals surface area contributed by atoms with Crippen molar-refractivity contribution >= 4 is 33.3 Å². The number of halogens is 1. The molecule has 0 fully saturated rings. The molecule has 0 unspecified atom stereocenters. The fraction of sp³-hybridized carbons (Fsp3) is 0.250. The molecule has 0 spiro atoms. The SMILES string of the molecule is CCc1cc(C(=O)Nc2ccc(Br)cc2CC)cc(N)n1. The van der Waals surface area contributed by atoms with Crippen molar-refractivity contribution in [2.24, 2.45) is 0 Å². The smallest absolute Gasteiger partial charge is 0.255 e. The largest absolute Gasteiger partial charge is 0.384 e. The van der Waals surface area contributed by atoms with E-state index < -0.39 is 0 Å². The number of aromatic nitrogens is 1. The molecule has 5 heteroatoms. The maximum Gasteiger partial charge on any atom is 0.255 e. The number of pyridine rings is 1. The van der Waals surface area contributed by atoms with E-state index in [1.165, 1.54) is 0 Å². The molecule has 3 N–H and O–H groups in total. The van der Waals surface area contributed by atoms with E-state index in [1.54, 1.807) is 12.1 Å². The van der Waals surface area contributed by atoms with E-state index >= 15 is 0 Å². The lowest BCUT2D eigenvalue weighted by Crippen LogP contribution is -2.14. The number of hydrogen-bond donors (Lipinski definition) is 2. The van der Waals surface area contributed by atoms with E-state index in [9.17, 15) is 4.79 Å². The Morgan fingerprint density at radius 1 is 1.24 bits per heavy atom. The van der Waals surface area contributed by atoms with Crippen molar-refractivity contribution < 1.29 is 4.79 Å². The Morgan fingerprint density at radius 2 is 2.00 bits per heavy atom. The summed E-state index contributed by atoms with van der Waals surface area (Å²) in [6.07, 6.45) is 1.58. The molecule has 0 aliphatic rings. The number of anilines is 2. The molecule has 1 heterocycles. The van der Waals surface area contributed by atoms with Gasteiger partial charge in [0.05, 0.1) is 0 Å². The van der Waals surface area contributed by atoms with Gasteiger partial charge >= 0.3 is 0 Å². The normalized spacial score (nSPS) is 10.4. The van der Waals surface area contributed by atoms with Crippen LogP contribution in [0.25, 0.3) is 0 Å². The summed E-state index contributed by atoms with van der Waals surface area (Å²) in [7, 11) is 0. The van der Waals surface area contributed by atoms with Crippen LogP contribution in [0, 0.1) is 0 Å². The zero-order valence-corrected chi connectivity index (χ0v) is 13.7. The van der Waals surface area contributed by atoms with Crippen LogP contribution < -0.4 is 11.1 Å². The van der Waals surface area contributed by atoms with Crippen molar-refractivity contribution in [3.63, 3.8) is 0 Å². The van der Waals surface area contributed by atoms with E-state index in [2.05, 4.69) is 33.2 Å². The first-order chi connectivity index (χ1) is 10.0. The van der Waals surface area contributed by atoms with Crippen molar-refractivity contribution in [2.75, 3.05) is 11.1 Å². The van der Waals surface area contributed by atoms with Crippen LogP contribution in [-0.2, 0) is 12.8 Å². The lowest BCUT2D eigenvalue weighted by molar-refractivity contribution is 0.102. The number of carbonyl (C=O) groups is 1. The predicted molar refractivity (Wildman–Crippen MR) is 89.5 cm³/mol. The van der Waals surface area contributed by atoms with Crippen LogP contribution in [0.15, 0.2) is 34.8 Å². The zero-order chi connectivity index (χ0) is 15.4. The summed E-state index contributed by atoms with van der Waals surface area (Å²) in [5, 5.41) is 2.94. The number of carbonyl (C=O) groups excluding carboxylic acids is 1. The average molecular weight is 348 g/mol. The number of nitrogen functional groups attached to an aromatic ring is 1. The summed E-state index contributed by atoms with van der Waals surface area (Å²) < 4.78 is 0.999. The van der Waals surface area contributed by atoms with Gasteiger partial charge in [-0.05, 0) is 48.7 Å². The molecule has 2 aromatic rings. The first-order valence-electron chi connectivity index (χ1n) is 6.89. The molecule has 0 aliphatic carbocycles. The molecular weight excluding hydrogens is 330 g/mol. The van der Waals surface area contributed by atoms with Gasteiger partial charge < -0.3 is 11.1 Å². The summed E-state index contributed by atoms with van der Waals surface area (Å²) in [6.45, 7) is 4.03. The second-order valence-electron chi connectivity index (χ2n) is 4.73. The van der Waals surface area contributed by atoms with Crippen LogP contribution in [0.5, 0.6) is 0 Å². The number of benzene rings is 1. The number of amides is 1. The fourth-order valence-electron chi connectivity index (χ4n) is 2.09. The third-order valence-corrected chi connectivity index (χ3v) is 3.71. The molecule has 1 amide bonds. The maximum atomic E-state index is 12.4. The maximum absolute atomic E-state index is 12.4. The number of rotatable bonds is 4. The Bertz CT molecular complexity index is 671. The highest BCUT2D eigenvalue weighted by molar-refractivity contribution is 9.10. The minimum absolute atomic E-state index is 0.171. The van der Waals surface area contributed by atoms with E-state index in [0.717, 1.165) is 34.3 Å². The zero-order valence-electron chi connectivity index (χ0n) is 12.1.